The largest absolute Gasteiger partial charge is 0.481 e. The molecule has 2 aromatic rings. The Hall–Kier alpha value is -3.35. The molecular weight excluding hydrogens is 444 g/mol. The Kier molecular flexibility index (Phi) is 6.75. The van der Waals surface area contributed by atoms with Crippen molar-refractivity contribution in [3.05, 3.63) is 59.7 Å². The van der Waals surface area contributed by atoms with Crippen LogP contribution in [0.5, 0.6) is 0 Å². The molecule has 7 heteroatoms. The molecule has 7 nitrogen and oxygen atoms in total. The first kappa shape index (κ1) is 23.4. The summed E-state index contributed by atoms with van der Waals surface area (Å²) >= 11 is 0. The predicted molar refractivity (Wildman–Crippen MR) is 131 cm³/mol. The number of fused-ring (bicyclic) bond motifs is 3. The van der Waals surface area contributed by atoms with Crippen LogP contribution in [0.4, 0.5) is 4.79 Å². The van der Waals surface area contributed by atoms with Gasteiger partial charge in [0, 0.05) is 12.0 Å². The summed E-state index contributed by atoms with van der Waals surface area (Å²) in [5, 5.41) is 15.1. The molecule has 5 rings (SSSR count). The Balaban J connectivity index is 1.20. The van der Waals surface area contributed by atoms with E-state index in [-0.39, 0.29) is 24.5 Å². The molecule has 0 bridgehead atoms. The molecule has 0 saturated heterocycles. The van der Waals surface area contributed by atoms with Gasteiger partial charge in [-0.2, -0.15) is 0 Å². The van der Waals surface area contributed by atoms with Crippen molar-refractivity contribution in [1.82, 2.24) is 10.6 Å². The Morgan fingerprint density at radius 2 is 1.60 bits per heavy atom. The van der Waals surface area contributed by atoms with Crippen LogP contribution in [0.2, 0.25) is 0 Å². The molecule has 1 unspecified atom stereocenters. The van der Waals surface area contributed by atoms with Gasteiger partial charge in [0.1, 0.15) is 12.6 Å². The first-order chi connectivity index (χ1) is 17.0. The van der Waals surface area contributed by atoms with E-state index in [1.807, 2.05) is 24.3 Å². The van der Waals surface area contributed by atoms with E-state index in [4.69, 9.17) is 4.74 Å². The van der Waals surface area contributed by atoms with Gasteiger partial charge in [0.25, 0.3) is 0 Å². The number of carboxylic acid groups (broad SMARTS) is 1. The topological polar surface area (TPSA) is 105 Å². The fourth-order valence-electron chi connectivity index (χ4n) is 5.55. The Morgan fingerprint density at radius 1 is 0.943 bits per heavy atom. The normalized spacial score (nSPS) is 21.9. The lowest BCUT2D eigenvalue weighted by molar-refractivity contribution is -0.143. The molecule has 3 aliphatic carbocycles. The summed E-state index contributed by atoms with van der Waals surface area (Å²) in [6, 6.07) is 15.5. The van der Waals surface area contributed by atoms with Crippen LogP contribution in [0.15, 0.2) is 48.5 Å². The second kappa shape index (κ2) is 10.1. The average Bonchev–Trinajstić information content (AvgIpc) is 3.63. The Labute approximate surface area is 205 Å². The minimum Gasteiger partial charge on any atom is -0.481 e. The van der Waals surface area contributed by atoms with Crippen molar-refractivity contribution >= 4 is 18.0 Å². The summed E-state index contributed by atoms with van der Waals surface area (Å²) in [5.41, 5.74) is 4.60. The predicted octanol–water partition coefficient (Wildman–Crippen LogP) is 4.45. The van der Waals surface area contributed by atoms with Gasteiger partial charge in [0.05, 0.1) is 5.92 Å². The van der Waals surface area contributed by atoms with Crippen molar-refractivity contribution in [3.63, 3.8) is 0 Å². The average molecular weight is 477 g/mol. The molecular formula is C28H32N2O5. The molecule has 184 valence electrons. The van der Waals surface area contributed by atoms with Crippen molar-refractivity contribution in [2.24, 2.45) is 11.8 Å². The zero-order valence-electron chi connectivity index (χ0n) is 19.7. The van der Waals surface area contributed by atoms with E-state index in [0.29, 0.717) is 25.2 Å². The fraction of sp³-hybridized carbons (Fsp3) is 0.464. The van der Waals surface area contributed by atoms with Crippen molar-refractivity contribution in [2.45, 2.75) is 62.9 Å². The molecule has 0 aliphatic heterocycles. The summed E-state index contributed by atoms with van der Waals surface area (Å²) in [6.45, 7) is 0.195. The number of carbonyl (C=O) groups is 3. The fourth-order valence-corrected chi connectivity index (χ4v) is 5.55. The highest BCUT2D eigenvalue weighted by atomic mass is 16.5. The van der Waals surface area contributed by atoms with Gasteiger partial charge in [-0.25, -0.2) is 4.79 Å². The summed E-state index contributed by atoms with van der Waals surface area (Å²) in [7, 11) is 0. The second-order valence-corrected chi connectivity index (χ2v) is 10.1. The summed E-state index contributed by atoms with van der Waals surface area (Å²) in [6.07, 6.45) is 4.70. The van der Waals surface area contributed by atoms with Crippen LogP contribution in [-0.4, -0.2) is 41.8 Å². The molecule has 0 spiro atoms. The number of alkyl carbamates (subject to hydrolysis) is 1. The van der Waals surface area contributed by atoms with Gasteiger partial charge in [0.15, 0.2) is 0 Å². The molecule has 0 radical (unpaired) electrons. The monoisotopic (exact) mass is 476 g/mol. The molecule has 2 aromatic carbocycles. The molecule has 3 N–H and O–H groups in total. The summed E-state index contributed by atoms with van der Waals surface area (Å²) < 4.78 is 5.65. The second-order valence-electron chi connectivity index (χ2n) is 10.1. The lowest BCUT2D eigenvalue weighted by Gasteiger charge is -2.29. The van der Waals surface area contributed by atoms with Crippen LogP contribution in [0, 0.1) is 11.8 Å². The number of amides is 2. The maximum atomic E-state index is 13.0. The van der Waals surface area contributed by atoms with Crippen LogP contribution in [0.1, 0.15) is 62.0 Å². The number of carbonyl (C=O) groups excluding carboxylic acids is 2. The van der Waals surface area contributed by atoms with E-state index in [0.717, 1.165) is 47.9 Å². The Morgan fingerprint density at radius 3 is 2.23 bits per heavy atom. The number of aliphatic carboxylic acids is 1. The maximum absolute atomic E-state index is 13.0. The Bertz CT molecular complexity index is 1070. The molecule has 0 aromatic heterocycles. The molecule has 2 saturated carbocycles. The zero-order valence-corrected chi connectivity index (χ0v) is 19.7. The quantitative estimate of drug-likeness (QED) is 0.522. The lowest BCUT2D eigenvalue weighted by Crippen LogP contribution is -2.51. The van der Waals surface area contributed by atoms with Crippen molar-refractivity contribution in [1.29, 1.82) is 0 Å². The maximum Gasteiger partial charge on any atom is 0.407 e. The van der Waals surface area contributed by atoms with Gasteiger partial charge in [0.2, 0.25) is 5.91 Å². The summed E-state index contributed by atoms with van der Waals surface area (Å²) in [4.78, 5) is 37.2. The third kappa shape index (κ3) is 5.34. The number of rotatable bonds is 8. The smallest absolute Gasteiger partial charge is 0.407 e. The van der Waals surface area contributed by atoms with Crippen molar-refractivity contribution in [3.8, 4) is 11.1 Å². The standard InChI is InChI=1S/C28H32N2O5/c31-26(29-19-7-5-6-18(15-19)27(32)33)25(14-17-12-13-17)30-28(34)35-16-24-22-10-3-1-8-20(22)21-9-2-4-11-23(21)24/h1-4,8-11,17-19,24-25H,5-7,12-16H2,(H,29,31)(H,30,34)(H,32,33)/t18-,19-,25?/m1/s1. The first-order valence-electron chi connectivity index (χ1n) is 12.6. The van der Waals surface area contributed by atoms with Crippen LogP contribution in [-0.2, 0) is 14.3 Å². The molecule has 3 atom stereocenters. The van der Waals surface area contributed by atoms with Crippen LogP contribution >= 0.6 is 0 Å². The molecule has 35 heavy (non-hydrogen) atoms. The van der Waals surface area contributed by atoms with Crippen LogP contribution in [0.25, 0.3) is 11.1 Å². The SMILES string of the molecule is O=C(NC(CC1CC1)C(=O)N[C@@H]1CCC[C@@H](C(=O)O)C1)OCC1c2ccccc2-c2ccccc21. The van der Waals surface area contributed by atoms with Gasteiger partial charge in [-0.15, -0.1) is 0 Å². The summed E-state index contributed by atoms with van der Waals surface area (Å²) in [5.74, 6) is -1.10. The number of hydrogen-bond acceptors (Lipinski definition) is 4. The van der Waals surface area contributed by atoms with Crippen LogP contribution < -0.4 is 10.6 Å². The highest BCUT2D eigenvalue weighted by Gasteiger charge is 2.34. The third-order valence-corrected chi connectivity index (χ3v) is 7.59. The van der Waals surface area contributed by atoms with E-state index in [1.165, 1.54) is 0 Å². The molecule has 3 aliphatic rings. The van der Waals surface area contributed by atoms with E-state index in [9.17, 15) is 19.5 Å². The highest BCUT2D eigenvalue weighted by Crippen LogP contribution is 2.44. The first-order valence-corrected chi connectivity index (χ1v) is 12.6. The van der Waals surface area contributed by atoms with Crippen molar-refractivity contribution < 1.29 is 24.2 Å². The minimum atomic E-state index is -0.810. The van der Waals surface area contributed by atoms with Gasteiger partial charge in [-0.3, -0.25) is 9.59 Å². The number of carboxylic acids is 1. The van der Waals surface area contributed by atoms with E-state index in [2.05, 4.69) is 34.9 Å². The lowest BCUT2D eigenvalue weighted by atomic mass is 9.85. The van der Waals surface area contributed by atoms with Gasteiger partial charge < -0.3 is 20.5 Å². The minimum absolute atomic E-state index is 0.0425. The number of nitrogens with one attached hydrogen (secondary N) is 2. The number of ether oxygens (including phenoxy) is 1. The number of hydrogen-bond donors (Lipinski definition) is 3. The van der Waals surface area contributed by atoms with Crippen LogP contribution in [0.3, 0.4) is 0 Å². The van der Waals surface area contributed by atoms with E-state index >= 15 is 0 Å². The van der Waals surface area contributed by atoms with E-state index < -0.39 is 24.0 Å². The van der Waals surface area contributed by atoms with Gasteiger partial charge in [-0.05, 0) is 53.9 Å². The highest BCUT2D eigenvalue weighted by molar-refractivity contribution is 5.86. The molecule has 2 fully saturated rings. The van der Waals surface area contributed by atoms with Gasteiger partial charge >= 0.3 is 12.1 Å². The van der Waals surface area contributed by atoms with Crippen molar-refractivity contribution in [2.75, 3.05) is 6.61 Å². The van der Waals surface area contributed by atoms with Gasteiger partial charge in [-0.1, -0.05) is 67.8 Å². The molecule has 2 amide bonds. The van der Waals surface area contributed by atoms with E-state index in [1.54, 1.807) is 0 Å². The number of benzene rings is 2. The zero-order chi connectivity index (χ0) is 24.4. The third-order valence-electron chi connectivity index (χ3n) is 7.59. The molecule has 0 heterocycles.